The summed E-state index contributed by atoms with van der Waals surface area (Å²) in [5.41, 5.74) is 1.36. The standard InChI is InChI=1S/C20H26N4O5/c1-13(2)7-18(14(3)25)22-19(20(26)27)9-17-10-21-12-23(17)11-15-5-4-6-16(8-15)24(28)29/h4-6,8,10,12-13,18-19,22H,7,9,11H2,1-3H3,(H,26,27). The van der Waals surface area contributed by atoms with Gasteiger partial charge in [-0.2, -0.15) is 0 Å². The number of imidazole rings is 1. The van der Waals surface area contributed by atoms with E-state index in [-0.39, 0.29) is 23.8 Å². The molecule has 0 spiro atoms. The monoisotopic (exact) mass is 402 g/mol. The molecule has 0 radical (unpaired) electrons. The number of aliphatic carboxylic acids is 1. The van der Waals surface area contributed by atoms with Crippen LogP contribution >= 0.6 is 0 Å². The summed E-state index contributed by atoms with van der Waals surface area (Å²) in [5, 5.41) is 23.6. The van der Waals surface area contributed by atoms with Gasteiger partial charge in [-0.3, -0.25) is 25.0 Å². The van der Waals surface area contributed by atoms with Gasteiger partial charge in [-0.15, -0.1) is 0 Å². The number of hydrogen-bond acceptors (Lipinski definition) is 6. The Labute approximate surface area is 168 Å². The maximum absolute atomic E-state index is 11.9. The van der Waals surface area contributed by atoms with Crippen molar-refractivity contribution in [2.24, 2.45) is 5.92 Å². The van der Waals surface area contributed by atoms with Crippen LogP contribution in [0.15, 0.2) is 36.8 Å². The summed E-state index contributed by atoms with van der Waals surface area (Å²) in [6.45, 7) is 5.72. The molecule has 9 nitrogen and oxygen atoms in total. The average Bonchev–Trinajstić information content (AvgIpc) is 3.06. The molecule has 9 heteroatoms. The largest absolute Gasteiger partial charge is 0.480 e. The summed E-state index contributed by atoms with van der Waals surface area (Å²) in [4.78, 5) is 38.3. The molecular formula is C20H26N4O5. The Bertz CT molecular complexity index is 877. The highest BCUT2D eigenvalue weighted by Crippen LogP contribution is 2.16. The molecule has 2 aromatic rings. The number of rotatable bonds is 11. The Balaban J connectivity index is 2.17. The van der Waals surface area contributed by atoms with E-state index >= 15 is 0 Å². The average molecular weight is 402 g/mol. The van der Waals surface area contributed by atoms with Gasteiger partial charge >= 0.3 is 5.97 Å². The van der Waals surface area contributed by atoms with Crippen LogP contribution in [0.4, 0.5) is 5.69 Å². The van der Waals surface area contributed by atoms with Crippen molar-refractivity contribution in [3.63, 3.8) is 0 Å². The maximum Gasteiger partial charge on any atom is 0.321 e. The maximum atomic E-state index is 11.9. The van der Waals surface area contributed by atoms with E-state index in [4.69, 9.17) is 0 Å². The third-order valence-electron chi connectivity index (χ3n) is 4.58. The van der Waals surface area contributed by atoms with Crippen molar-refractivity contribution in [1.82, 2.24) is 14.9 Å². The number of hydrogen-bond donors (Lipinski definition) is 2. The molecule has 29 heavy (non-hydrogen) atoms. The first-order chi connectivity index (χ1) is 13.7. The van der Waals surface area contributed by atoms with E-state index < -0.39 is 23.0 Å². The highest BCUT2D eigenvalue weighted by molar-refractivity contribution is 5.83. The Morgan fingerprint density at radius 3 is 2.62 bits per heavy atom. The van der Waals surface area contributed by atoms with Gasteiger partial charge < -0.3 is 9.67 Å². The van der Waals surface area contributed by atoms with Gasteiger partial charge in [0.25, 0.3) is 5.69 Å². The molecule has 0 aliphatic heterocycles. The summed E-state index contributed by atoms with van der Waals surface area (Å²) in [6.07, 6.45) is 3.81. The van der Waals surface area contributed by atoms with Crippen LogP contribution in [0.3, 0.4) is 0 Å². The van der Waals surface area contributed by atoms with Gasteiger partial charge in [-0.05, 0) is 24.8 Å². The van der Waals surface area contributed by atoms with Crippen LogP contribution in [0.1, 0.15) is 38.4 Å². The number of carboxylic acid groups (broad SMARTS) is 1. The zero-order valence-electron chi connectivity index (χ0n) is 16.7. The minimum atomic E-state index is -1.05. The van der Waals surface area contributed by atoms with Crippen molar-refractivity contribution in [2.45, 2.75) is 52.2 Å². The van der Waals surface area contributed by atoms with Crippen molar-refractivity contribution < 1.29 is 19.6 Å². The molecule has 0 fully saturated rings. The molecule has 1 heterocycles. The molecule has 0 saturated heterocycles. The number of carbonyl (C=O) groups excluding carboxylic acids is 1. The van der Waals surface area contributed by atoms with E-state index in [0.717, 1.165) is 0 Å². The number of Topliss-reactive ketones (excluding diaryl/α,β-unsaturated/α-hetero) is 1. The van der Waals surface area contributed by atoms with Gasteiger partial charge in [-0.25, -0.2) is 4.98 Å². The van der Waals surface area contributed by atoms with Gasteiger partial charge in [0.2, 0.25) is 0 Å². The molecule has 0 saturated carbocycles. The first kappa shape index (κ1) is 22.2. The fourth-order valence-electron chi connectivity index (χ4n) is 3.12. The number of ketones is 1. The fraction of sp³-hybridized carbons (Fsp3) is 0.450. The Morgan fingerprint density at radius 1 is 1.31 bits per heavy atom. The fourth-order valence-corrected chi connectivity index (χ4v) is 3.12. The first-order valence-corrected chi connectivity index (χ1v) is 9.39. The molecule has 0 aliphatic rings. The summed E-state index contributed by atoms with van der Waals surface area (Å²) < 4.78 is 1.75. The number of aromatic nitrogens is 2. The molecule has 2 atom stereocenters. The Hall–Kier alpha value is -3.07. The number of carboxylic acids is 1. The second-order valence-corrected chi connectivity index (χ2v) is 7.49. The van der Waals surface area contributed by atoms with E-state index in [1.807, 2.05) is 13.8 Å². The Kier molecular flexibility index (Phi) is 7.60. The molecule has 2 N–H and O–H groups in total. The highest BCUT2D eigenvalue weighted by Gasteiger charge is 2.26. The normalized spacial score (nSPS) is 13.2. The highest BCUT2D eigenvalue weighted by atomic mass is 16.6. The number of nitro benzene ring substituents is 1. The zero-order chi connectivity index (χ0) is 21.6. The van der Waals surface area contributed by atoms with Crippen molar-refractivity contribution in [3.05, 3.63) is 58.2 Å². The predicted molar refractivity (Wildman–Crippen MR) is 107 cm³/mol. The zero-order valence-corrected chi connectivity index (χ0v) is 16.7. The minimum Gasteiger partial charge on any atom is -0.480 e. The summed E-state index contributed by atoms with van der Waals surface area (Å²) >= 11 is 0. The van der Waals surface area contributed by atoms with Crippen molar-refractivity contribution in [1.29, 1.82) is 0 Å². The number of non-ortho nitro benzene ring substituents is 1. The van der Waals surface area contributed by atoms with Crippen molar-refractivity contribution in [3.8, 4) is 0 Å². The van der Waals surface area contributed by atoms with Crippen LogP contribution in [-0.2, 0) is 22.6 Å². The molecule has 2 unspecified atom stereocenters. The SMILES string of the molecule is CC(=O)C(CC(C)C)NC(Cc1cncn1Cc1cccc([N+](=O)[O-])c1)C(=O)O. The van der Waals surface area contributed by atoms with Gasteiger partial charge in [0.05, 0.1) is 17.3 Å². The van der Waals surface area contributed by atoms with Crippen LogP contribution < -0.4 is 5.32 Å². The molecule has 0 bridgehead atoms. The lowest BCUT2D eigenvalue weighted by Gasteiger charge is -2.23. The van der Waals surface area contributed by atoms with Gasteiger partial charge in [-0.1, -0.05) is 26.0 Å². The lowest BCUT2D eigenvalue weighted by molar-refractivity contribution is -0.384. The number of nitrogens with one attached hydrogen (secondary N) is 1. The van der Waals surface area contributed by atoms with Gasteiger partial charge in [0, 0.05) is 37.0 Å². The lowest BCUT2D eigenvalue weighted by Crippen LogP contribution is -2.48. The third kappa shape index (κ3) is 6.49. The second-order valence-electron chi connectivity index (χ2n) is 7.49. The first-order valence-electron chi connectivity index (χ1n) is 9.39. The molecule has 1 aromatic carbocycles. The topological polar surface area (TPSA) is 127 Å². The summed E-state index contributed by atoms with van der Waals surface area (Å²) in [5.74, 6) is -0.914. The number of nitrogens with zero attached hydrogens (tertiary/aromatic N) is 3. The molecule has 0 amide bonds. The molecule has 2 rings (SSSR count). The molecule has 1 aromatic heterocycles. The second kappa shape index (κ2) is 9.92. The number of nitro groups is 1. The number of carbonyl (C=O) groups is 2. The lowest BCUT2D eigenvalue weighted by atomic mass is 9.99. The quantitative estimate of drug-likeness (QED) is 0.436. The van der Waals surface area contributed by atoms with Gasteiger partial charge in [0.15, 0.2) is 0 Å². The third-order valence-corrected chi connectivity index (χ3v) is 4.58. The van der Waals surface area contributed by atoms with Crippen LogP contribution in [0.25, 0.3) is 0 Å². The van der Waals surface area contributed by atoms with Crippen LogP contribution in [0, 0.1) is 16.0 Å². The van der Waals surface area contributed by atoms with E-state index in [1.165, 1.54) is 19.1 Å². The predicted octanol–water partition coefficient (Wildman–Crippen LogP) is 2.43. The van der Waals surface area contributed by atoms with Crippen molar-refractivity contribution >= 4 is 17.4 Å². The minimum absolute atomic E-state index is 0.00719. The van der Waals surface area contributed by atoms with E-state index in [0.29, 0.717) is 24.2 Å². The molecular weight excluding hydrogens is 376 g/mol. The van der Waals surface area contributed by atoms with Crippen LogP contribution in [0.5, 0.6) is 0 Å². The Morgan fingerprint density at radius 2 is 2.03 bits per heavy atom. The van der Waals surface area contributed by atoms with Gasteiger partial charge in [0.1, 0.15) is 11.8 Å². The van der Waals surface area contributed by atoms with E-state index in [9.17, 15) is 24.8 Å². The summed E-state index contributed by atoms with van der Waals surface area (Å²) in [6, 6.07) is 4.77. The summed E-state index contributed by atoms with van der Waals surface area (Å²) in [7, 11) is 0. The van der Waals surface area contributed by atoms with E-state index in [1.54, 1.807) is 29.2 Å². The van der Waals surface area contributed by atoms with Crippen molar-refractivity contribution in [2.75, 3.05) is 0 Å². The van der Waals surface area contributed by atoms with Crippen LogP contribution in [0.2, 0.25) is 0 Å². The smallest absolute Gasteiger partial charge is 0.321 e. The van der Waals surface area contributed by atoms with E-state index in [2.05, 4.69) is 10.3 Å². The molecule has 156 valence electrons. The number of benzene rings is 1. The van der Waals surface area contributed by atoms with Crippen LogP contribution in [-0.4, -0.2) is 43.4 Å². The molecule has 0 aliphatic carbocycles.